The predicted molar refractivity (Wildman–Crippen MR) is 72.6 cm³/mol. The number of rotatable bonds is 4. The molecule has 1 aliphatic rings. The summed E-state index contributed by atoms with van der Waals surface area (Å²) in [5, 5.41) is 0. The maximum absolute atomic E-state index is 12.0. The monoisotopic (exact) mass is 298 g/mol. The van der Waals surface area contributed by atoms with E-state index < -0.39 is 21.6 Å². The van der Waals surface area contributed by atoms with Crippen LogP contribution in [-0.2, 0) is 23.8 Å². The van der Waals surface area contributed by atoms with E-state index in [4.69, 9.17) is 8.92 Å². The normalized spacial score (nSPS) is 21.8. The van der Waals surface area contributed by atoms with Crippen LogP contribution in [0.2, 0.25) is 0 Å². The van der Waals surface area contributed by atoms with E-state index in [0.29, 0.717) is 6.42 Å². The quantitative estimate of drug-likeness (QED) is 0.628. The van der Waals surface area contributed by atoms with E-state index >= 15 is 0 Å². The molecule has 6 heteroatoms. The van der Waals surface area contributed by atoms with E-state index in [2.05, 4.69) is 0 Å². The number of benzene rings is 1. The first-order valence-corrected chi connectivity index (χ1v) is 7.79. The van der Waals surface area contributed by atoms with Crippen molar-refractivity contribution < 1.29 is 22.1 Å². The molecule has 110 valence electrons. The minimum Gasteiger partial charge on any atom is -0.459 e. The van der Waals surface area contributed by atoms with Crippen LogP contribution in [0.15, 0.2) is 29.2 Å². The lowest BCUT2D eigenvalue weighted by molar-refractivity contribution is -0.148. The summed E-state index contributed by atoms with van der Waals surface area (Å²) in [5.41, 5.74) is 0.386. The van der Waals surface area contributed by atoms with Crippen LogP contribution in [0.4, 0.5) is 0 Å². The van der Waals surface area contributed by atoms with Crippen LogP contribution in [0, 0.1) is 12.3 Å². The van der Waals surface area contributed by atoms with Crippen molar-refractivity contribution >= 4 is 16.1 Å². The van der Waals surface area contributed by atoms with Gasteiger partial charge in [-0.15, -0.1) is 0 Å². The van der Waals surface area contributed by atoms with Gasteiger partial charge in [-0.1, -0.05) is 17.7 Å². The van der Waals surface area contributed by atoms with Crippen LogP contribution < -0.4 is 0 Å². The van der Waals surface area contributed by atoms with Crippen LogP contribution in [0.5, 0.6) is 0 Å². The highest BCUT2D eigenvalue weighted by molar-refractivity contribution is 7.86. The van der Waals surface area contributed by atoms with E-state index in [9.17, 15) is 13.2 Å². The third kappa shape index (κ3) is 3.19. The number of hydrogen-bond acceptors (Lipinski definition) is 5. The van der Waals surface area contributed by atoms with Gasteiger partial charge >= 0.3 is 5.97 Å². The van der Waals surface area contributed by atoms with Gasteiger partial charge in [-0.25, -0.2) is 0 Å². The molecule has 0 N–H and O–H groups in total. The Labute approximate surface area is 119 Å². The third-order valence-corrected chi connectivity index (χ3v) is 4.58. The maximum atomic E-state index is 12.0. The number of cyclic esters (lactones) is 1. The maximum Gasteiger partial charge on any atom is 0.312 e. The molecular formula is C14H18O5S. The van der Waals surface area contributed by atoms with Gasteiger partial charge in [0.25, 0.3) is 10.1 Å². The fourth-order valence-corrected chi connectivity index (χ4v) is 2.97. The van der Waals surface area contributed by atoms with Crippen molar-refractivity contribution in [2.75, 3.05) is 6.61 Å². The van der Waals surface area contributed by atoms with Crippen LogP contribution in [0.1, 0.15) is 25.8 Å². The number of carbonyl (C=O) groups excluding carboxylic acids is 1. The van der Waals surface area contributed by atoms with Gasteiger partial charge in [0.05, 0.1) is 10.3 Å². The van der Waals surface area contributed by atoms with E-state index in [1.54, 1.807) is 26.0 Å². The summed E-state index contributed by atoms with van der Waals surface area (Å²) in [7, 11) is -3.81. The Morgan fingerprint density at radius 2 is 1.90 bits per heavy atom. The molecule has 0 amide bonds. The van der Waals surface area contributed by atoms with Crippen LogP contribution >= 0.6 is 0 Å². The van der Waals surface area contributed by atoms with Crippen molar-refractivity contribution in [2.24, 2.45) is 5.41 Å². The molecule has 0 unspecified atom stereocenters. The molecule has 0 saturated carbocycles. The molecule has 1 fully saturated rings. The van der Waals surface area contributed by atoms with Gasteiger partial charge < -0.3 is 4.74 Å². The minimum atomic E-state index is -3.81. The molecule has 0 radical (unpaired) electrons. The number of aryl methyl sites for hydroxylation is 1. The molecule has 20 heavy (non-hydrogen) atoms. The van der Waals surface area contributed by atoms with Gasteiger partial charge in [0, 0.05) is 6.42 Å². The molecule has 1 atom stereocenters. The third-order valence-electron chi connectivity index (χ3n) is 3.28. The Morgan fingerprint density at radius 1 is 1.30 bits per heavy atom. The molecule has 0 spiro atoms. The zero-order chi connectivity index (χ0) is 15.0. The number of ether oxygens (including phenoxy) is 1. The first-order valence-electron chi connectivity index (χ1n) is 6.38. The van der Waals surface area contributed by atoms with Gasteiger partial charge in [0.2, 0.25) is 0 Å². The average Bonchev–Trinajstić information content (AvgIpc) is 2.61. The lowest BCUT2D eigenvalue weighted by atomic mass is 9.90. The predicted octanol–water partition coefficient (Wildman–Crippen LogP) is 2.04. The second-order valence-corrected chi connectivity index (χ2v) is 7.28. The van der Waals surface area contributed by atoms with Crippen LogP contribution in [0.3, 0.4) is 0 Å². The molecule has 1 heterocycles. The molecule has 1 aromatic rings. The molecule has 1 aromatic carbocycles. The fraction of sp³-hybridized carbons (Fsp3) is 0.500. The Kier molecular flexibility index (Phi) is 3.88. The second-order valence-electron chi connectivity index (χ2n) is 5.67. The van der Waals surface area contributed by atoms with Crippen molar-refractivity contribution in [1.29, 1.82) is 0 Å². The van der Waals surface area contributed by atoms with E-state index in [-0.39, 0.29) is 17.5 Å². The highest BCUT2D eigenvalue weighted by atomic mass is 32.2. The zero-order valence-electron chi connectivity index (χ0n) is 11.8. The molecule has 1 aliphatic heterocycles. The summed E-state index contributed by atoms with van der Waals surface area (Å²) in [6, 6.07) is 6.40. The molecule has 1 saturated heterocycles. The van der Waals surface area contributed by atoms with Crippen molar-refractivity contribution in [1.82, 2.24) is 0 Å². The van der Waals surface area contributed by atoms with Gasteiger partial charge in [0.1, 0.15) is 12.7 Å². The summed E-state index contributed by atoms with van der Waals surface area (Å²) in [4.78, 5) is 11.6. The summed E-state index contributed by atoms with van der Waals surface area (Å²) in [5.74, 6) is -0.321. The number of hydrogen-bond donors (Lipinski definition) is 0. The molecule has 0 bridgehead atoms. The summed E-state index contributed by atoms with van der Waals surface area (Å²) in [6.45, 7) is 5.26. The van der Waals surface area contributed by atoms with E-state index in [1.165, 1.54) is 12.1 Å². The molecule has 2 rings (SSSR count). The minimum absolute atomic E-state index is 0.103. The Bertz CT molecular complexity index is 601. The highest BCUT2D eigenvalue weighted by Crippen LogP contribution is 2.33. The SMILES string of the molecule is Cc1ccc(S(=O)(=O)OC[C@@H]2CC(C)(C)C(=O)O2)cc1. The number of esters is 1. The topological polar surface area (TPSA) is 69.7 Å². The first-order chi connectivity index (χ1) is 9.21. The van der Waals surface area contributed by atoms with Crippen molar-refractivity contribution in [3.8, 4) is 0 Å². The van der Waals surface area contributed by atoms with Crippen molar-refractivity contribution in [3.63, 3.8) is 0 Å². The number of carbonyl (C=O) groups is 1. The van der Waals surface area contributed by atoms with Gasteiger partial charge in [-0.05, 0) is 32.9 Å². The van der Waals surface area contributed by atoms with Crippen LogP contribution in [-0.4, -0.2) is 27.1 Å². The van der Waals surface area contributed by atoms with Gasteiger partial charge in [0.15, 0.2) is 0 Å². The second kappa shape index (κ2) is 5.18. The van der Waals surface area contributed by atoms with Crippen LogP contribution in [0.25, 0.3) is 0 Å². The molecule has 0 aliphatic carbocycles. The average molecular weight is 298 g/mol. The Hall–Kier alpha value is -1.40. The van der Waals surface area contributed by atoms with Gasteiger partial charge in [-0.2, -0.15) is 8.42 Å². The standard InChI is InChI=1S/C14H18O5S/c1-10-4-6-12(7-5-10)20(16,17)18-9-11-8-14(2,3)13(15)19-11/h4-7,11H,8-9H2,1-3H3/t11-/m0/s1. The largest absolute Gasteiger partial charge is 0.459 e. The molecule has 0 aromatic heterocycles. The van der Waals surface area contributed by atoms with E-state index in [0.717, 1.165) is 5.56 Å². The van der Waals surface area contributed by atoms with Crippen molar-refractivity contribution in [2.45, 2.75) is 38.2 Å². The van der Waals surface area contributed by atoms with Gasteiger partial charge in [-0.3, -0.25) is 8.98 Å². The highest BCUT2D eigenvalue weighted by Gasteiger charge is 2.42. The fourth-order valence-electron chi connectivity index (χ4n) is 2.04. The smallest absolute Gasteiger partial charge is 0.312 e. The summed E-state index contributed by atoms with van der Waals surface area (Å²) >= 11 is 0. The first kappa shape index (κ1) is 15.0. The lowest BCUT2D eigenvalue weighted by Crippen LogP contribution is -2.19. The zero-order valence-corrected chi connectivity index (χ0v) is 12.6. The Balaban J connectivity index is 2.00. The van der Waals surface area contributed by atoms with E-state index in [1.807, 2.05) is 6.92 Å². The summed E-state index contributed by atoms with van der Waals surface area (Å²) in [6.07, 6.45) is -0.0624. The molecule has 5 nitrogen and oxygen atoms in total. The Morgan fingerprint density at radius 3 is 2.40 bits per heavy atom. The summed E-state index contributed by atoms with van der Waals surface area (Å²) < 4.78 is 34.0. The lowest BCUT2D eigenvalue weighted by Gasteiger charge is -2.11. The molecular weight excluding hydrogens is 280 g/mol. The van der Waals surface area contributed by atoms with Crippen molar-refractivity contribution in [3.05, 3.63) is 29.8 Å².